The molecule has 0 bridgehead atoms. The molecule has 5 heteroatoms. The fourth-order valence-corrected chi connectivity index (χ4v) is 1.75. The summed E-state index contributed by atoms with van der Waals surface area (Å²) in [4.78, 5) is 24.7. The van der Waals surface area contributed by atoms with Gasteiger partial charge in [-0.3, -0.25) is 9.59 Å². The first kappa shape index (κ1) is 13.3. The second-order valence-electron chi connectivity index (χ2n) is 3.91. The van der Waals surface area contributed by atoms with E-state index in [2.05, 4.69) is 11.8 Å². The van der Waals surface area contributed by atoms with Crippen molar-refractivity contribution < 1.29 is 19.4 Å². The second-order valence-corrected chi connectivity index (χ2v) is 3.91. The van der Waals surface area contributed by atoms with Gasteiger partial charge in [-0.25, -0.2) is 4.90 Å². The lowest BCUT2D eigenvalue weighted by Crippen LogP contribution is -2.46. The van der Waals surface area contributed by atoms with Gasteiger partial charge >= 0.3 is 0 Å². The molecule has 1 aromatic rings. The van der Waals surface area contributed by atoms with E-state index in [9.17, 15) is 9.59 Å². The number of ether oxygens (including phenoxy) is 1. The Hall–Kier alpha value is -2.16. The van der Waals surface area contributed by atoms with Crippen molar-refractivity contribution in [3.05, 3.63) is 29.8 Å². The van der Waals surface area contributed by atoms with Gasteiger partial charge in [0.25, 0.3) is 11.8 Å². The molecule has 0 radical (unpaired) electrons. The van der Waals surface area contributed by atoms with Crippen molar-refractivity contribution in [1.29, 1.82) is 0 Å². The van der Waals surface area contributed by atoms with Crippen molar-refractivity contribution in [3.8, 4) is 11.8 Å². The average molecular weight is 259 g/mol. The predicted molar refractivity (Wildman–Crippen MR) is 68.3 cm³/mol. The maximum absolute atomic E-state index is 11.8. The van der Waals surface area contributed by atoms with E-state index in [1.54, 1.807) is 24.3 Å². The average Bonchev–Trinajstić information content (AvgIpc) is 2.40. The van der Waals surface area contributed by atoms with Gasteiger partial charge in [-0.2, -0.15) is 0 Å². The molecule has 0 atom stereocenters. The van der Waals surface area contributed by atoms with Crippen LogP contribution in [0.2, 0.25) is 0 Å². The highest BCUT2D eigenvalue weighted by Gasteiger charge is 2.29. The molecule has 1 fully saturated rings. The third kappa shape index (κ3) is 2.99. The number of hydrogen-bond acceptors (Lipinski definition) is 4. The number of amides is 2. The Labute approximate surface area is 110 Å². The smallest absolute Gasteiger partial charge is 0.259 e. The monoisotopic (exact) mass is 259 g/mol. The molecule has 1 heterocycles. The Morgan fingerprint density at radius 1 is 1.21 bits per heavy atom. The van der Waals surface area contributed by atoms with Crippen molar-refractivity contribution in [2.45, 2.75) is 6.42 Å². The number of rotatable bonds is 2. The second kappa shape index (κ2) is 6.14. The van der Waals surface area contributed by atoms with Crippen LogP contribution in [0.3, 0.4) is 0 Å². The van der Waals surface area contributed by atoms with E-state index in [0.29, 0.717) is 17.7 Å². The molecule has 1 N–H and O–H groups in total. The number of imide groups is 1. The predicted octanol–water partition coefficient (Wildman–Crippen LogP) is 0.310. The number of hydrogen-bond donors (Lipinski definition) is 1. The van der Waals surface area contributed by atoms with Crippen LogP contribution in [-0.4, -0.2) is 36.7 Å². The third-order valence-electron chi connectivity index (χ3n) is 2.55. The zero-order valence-corrected chi connectivity index (χ0v) is 10.3. The van der Waals surface area contributed by atoms with Gasteiger partial charge in [0, 0.05) is 12.0 Å². The number of carbonyl (C=O) groups is 2. The normalized spacial score (nSPS) is 15.1. The van der Waals surface area contributed by atoms with Crippen LogP contribution >= 0.6 is 0 Å². The highest BCUT2D eigenvalue weighted by molar-refractivity contribution is 6.17. The van der Waals surface area contributed by atoms with Crippen molar-refractivity contribution in [2.24, 2.45) is 0 Å². The molecular formula is C14H13NO4. The molecule has 0 unspecified atom stereocenters. The zero-order chi connectivity index (χ0) is 13.7. The van der Waals surface area contributed by atoms with E-state index in [4.69, 9.17) is 9.84 Å². The number of nitrogens with zero attached hydrogens (tertiary/aromatic N) is 1. The van der Waals surface area contributed by atoms with Gasteiger partial charge < -0.3 is 9.84 Å². The third-order valence-corrected chi connectivity index (χ3v) is 2.55. The van der Waals surface area contributed by atoms with E-state index in [0.717, 1.165) is 4.90 Å². The lowest BCUT2D eigenvalue weighted by molar-refractivity contribution is -0.138. The number of aliphatic hydroxyl groups excluding tert-OH is 1. The van der Waals surface area contributed by atoms with E-state index < -0.39 is 11.8 Å². The molecular weight excluding hydrogens is 246 g/mol. The Balaban J connectivity index is 2.36. The van der Waals surface area contributed by atoms with Gasteiger partial charge in [-0.15, -0.1) is 0 Å². The van der Waals surface area contributed by atoms with Crippen LogP contribution < -0.4 is 4.90 Å². The van der Waals surface area contributed by atoms with Crippen LogP contribution in [0.1, 0.15) is 12.0 Å². The summed E-state index contributed by atoms with van der Waals surface area (Å²) in [6.07, 6.45) is 0.347. The van der Waals surface area contributed by atoms with Gasteiger partial charge in [0.05, 0.1) is 12.3 Å². The first-order valence-corrected chi connectivity index (χ1v) is 5.86. The largest absolute Gasteiger partial charge is 0.395 e. The van der Waals surface area contributed by atoms with Crippen LogP contribution in [0.25, 0.3) is 0 Å². The molecule has 1 aliphatic heterocycles. The number of benzene rings is 1. The Bertz CT molecular complexity index is 540. The minimum absolute atomic E-state index is 0.0232. The maximum atomic E-state index is 11.8. The molecule has 0 aliphatic carbocycles. The fraction of sp³-hybridized carbons (Fsp3) is 0.286. The molecule has 1 aromatic carbocycles. The molecule has 0 aromatic heterocycles. The molecule has 0 saturated carbocycles. The molecule has 1 saturated heterocycles. The quantitative estimate of drug-likeness (QED) is 0.613. The molecule has 19 heavy (non-hydrogen) atoms. The van der Waals surface area contributed by atoms with Gasteiger partial charge in [0.1, 0.15) is 13.2 Å². The minimum Gasteiger partial charge on any atom is -0.395 e. The number of para-hydroxylation sites is 1. The van der Waals surface area contributed by atoms with E-state index in [-0.39, 0.29) is 19.8 Å². The van der Waals surface area contributed by atoms with E-state index in [1.807, 2.05) is 0 Å². The van der Waals surface area contributed by atoms with Crippen molar-refractivity contribution in [3.63, 3.8) is 0 Å². The standard InChI is InChI=1S/C14H13NO4/c16-8-4-3-6-11-5-1-2-7-12(11)15-13(17)9-19-10-14(15)18/h1-2,5,7,16H,4,8-10H2. The van der Waals surface area contributed by atoms with E-state index in [1.165, 1.54) is 0 Å². The van der Waals surface area contributed by atoms with Crippen LogP contribution in [-0.2, 0) is 14.3 Å². The lowest BCUT2D eigenvalue weighted by Gasteiger charge is -2.25. The lowest BCUT2D eigenvalue weighted by atomic mass is 10.1. The first-order valence-electron chi connectivity index (χ1n) is 5.86. The summed E-state index contributed by atoms with van der Waals surface area (Å²) in [5, 5.41) is 8.71. The Kier molecular flexibility index (Phi) is 4.29. The minimum atomic E-state index is -0.396. The number of aliphatic hydroxyl groups is 1. The zero-order valence-electron chi connectivity index (χ0n) is 10.3. The van der Waals surface area contributed by atoms with Crippen molar-refractivity contribution in [2.75, 3.05) is 24.7 Å². The Morgan fingerprint density at radius 2 is 1.89 bits per heavy atom. The van der Waals surface area contributed by atoms with Crippen LogP contribution in [0.15, 0.2) is 24.3 Å². The summed E-state index contributed by atoms with van der Waals surface area (Å²) in [6.45, 7) is -0.237. The Morgan fingerprint density at radius 3 is 2.58 bits per heavy atom. The van der Waals surface area contributed by atoms with Crippen LogP contribution in [0.5, 0.6) is 0 Å². The van der Waals surface area contributed by atoms with Gasteiger partial charge in [-0.1, -0.05) is 24.0 Å². The number of carbonyl (C=O) groups excluding carboxylic acids is 2. The fourth-order valence-electron chi connectivity index (χ4n) is 1.75. The van der Waals surface area contributed by atoms with Gasteiger partial charge in [-0.05, 0) is 12.1 Å². The molecule has 98 valence electrons. The maximum Gasteiger partial charge on any atom is 0.259 e. The molecule has 0 spiro atoms. The first-order chi connectivity index (χ1) is 9.24. The number of anilines is 1. The summed E-state index contributed by atoms with van der Waals surface area (Å²) in [5.41, 5.74) is 1.05. The molecule has 2 rings (SSSR count). The van der Waals surface area contributed by atoms with E-state index >= 15 is 0 Å². The molecule has 5 nitrogen and oxygen atoms in total. The topological polar surface area (TPSA) is 66.8 Å². The summed E-state index contributed by atoms with van der Waals surface area (Å²) in [7, 11) is 0. The molecule has 2 amide bonds. The SMILES string of the molecule is O=C1COCC(=O)N1c1ccccc1C#CCCO. The summed E-state index contributed by atoms with van der Waals surface area (Å²) >= 11 is 0. The van der Waals surface area contributed by atoms with Crippen molar-refractivity contribution >= 4 is 17.5 Å². The highest BCUT2D eigenvalue weighted by atomic mass is 16.5. The summed E-state index contributed by atoms with van der Waals surface area (Å²) < 4.78 is 4.87. The van der Waals surface area contributed by atoms with Crippen LogP contribution in [0, 0.1) is 11.8 Å². The summed E-state index contributed by atoms with van der Waals surface area (Å²) in [6, 6.07) is 6.92. The van der Waals surface area contributed by atoms with Crippen molar-refractivity contribution in [1.82, 2.24) is 0 Å². The van der Waals surface area contributed by atoms with Crippen LogP contribution in [0.4, 0.5) is 5.69 Å². The molecule has 1 aliphatic rings. The van der Waals surface area contributed by atoms with Gasteiger partial charge in [0.2, 0.25) is 0 Å². The van der Waals surface area contributed by atoms with Gasteiger partial charge in [0.15, 0.2) is 0 Å². The number of morpholine rings is 1. The highest BCUT2D eigenvalue weighted by Crippen LogP contribution is 2.21. The summed E-state index contributed by atoms with van der Waals surface area (Å²) in [5.74, 6) is 4.84.